The highest BCUT2D eigenvalue weighted by Gasteiger charge is 1.95. The Morgan fingerprint density at radius 3 is 2.67 bits per heavy atom. The smallest absolute Gasteiger partial charge is 0.125 e. The molecule has 0 fully saturated rings. The maximum absolute atomic E-state index is 8.78. The lowest BCUT2D eigenvalue weighted by Gasteiger charge is -1.92. The fourth-order valence-electron chi connectivity index (χ4n) is 0.439. The molecule has 1 N–H and O–H groups in total. The van der Waals surface area contributed by atoms with Crippen molar-refractivity contribution in [2.75, 3.05) is 0 Å². The third-order valence-corrected chi connectivity index (χ3v) is 2.02. The van der Waals surface area contributed by atoms with Crippen LogP contribution in [0.25, 0.3) is 0 Å². The van der Waals surface area contributed by atoms with E-state index in [2.05, 4.69) is 22.0 Å². The molecule has 9 heavy (non-hydrogen) atoms. The van der Waals surface area contributed by atoms with Gasteiger partial charge in [0.2, 0.25) is 0 Å². The molecule has 3 heteroatoms. The Morgan fingerprint density at radius 1 is 1.56 bits per heavy atom. The predicted octanol–water partition coefficient (Wildman–Crippen LogP) is 2.61. The van der Waals surface area contributed by atoms with Crippen LogP contribution in [0.3, 0.4) is 0 Å². The minimum absolute atomic E-state index is 0.0585. The van der Waals surface area contributed by atoms with Crippen molar-refractivity contribution in [1.29, 1.82) is 0 Å². The van der Waals surface area contributed by atoms with Gasteiger partial charge < -0.3 is 5.11 Å². The summed E-state index contributed by atoms with van der Waals surface area (Å²) < 4.78 is 0.738. The molecule has 0 unspecified atom stereocenters. The van der Waals surface area contributed by atoms with E-state index in [1.165, 1.54) is 6.07 Å². The van der Waals surface area contributed by atoms with Crippen LogP contribution in [0.1, 0.15) is 0 Å². The van der Waals surface area contributed by atoms with E-state index < -0.39 is 0 Å². The summed E-state index contributed by atoms with van der Waals surface area (Å²) in [4.78, 5) is 0. The Bertz CT molecular complexity index is 224. The number of benzene rings is 1. The highest BCUT2D eigenvalue weighted by Crippen LogP contribution is 2.24. The van der Waals surface area contributed by atoms with Crippen molar-refractivity contribution < 1.29 is 5.11 Å². The summed E-state index contributed by atoms with van der Waals surface area (Å²) in [5.74, 6) is 0.0585. The molecule has 1 rings (SSSR count). The van der Waals surface area contributed by atoms with Crippen LogP contribution in [0.4, 0.5) is 0 Å². The molecule has 0 atom stereocenters. The van der Waals surface area contributed by atoms with Gasteiger partial charge in [-0.05, 0) is 28.1 Å². The Balaban J connectivity index is 3.17. The predicted molar refractivity (Wildman–Crippen MR) is 39.7 cm³/mol. The van der Waals surface area contributed by atoms with Crippen LogP contribution in [0.2, 0.25) is 5.02 Å². The number of halogens is 2. The summed E-state index contributed by atoms with van der Waals surface area (Å²) in [5.41, 5.74) is 0. The van der Waals surface area contributed by atoms with Crippen LogP contribution in [0.5, 0.6) is 5.75 Å². The van der Waals surface area contributed by atoms with Gasteiger partial charge in [-0.25, -0.2) is 0 Å². The second kappa shape index (κ2) is 2.58. The van der Waals surface area contributed by atoms with Gasteiger partial charge in [0.05, 0.1) is 5.02 Å². The summed E-state index contributed by atoms with van der Waals surface area (Å²) >= 11 is 8.71. The van der Waals surface area contributed by atoms with E-state index in [4.69, 9.17) is 16.7 Å². The van der Waals surface area contributed by atoms with E-state index in [1.54, 1.807) is 6.07 Å². The summed E-state index contributed by atoms with van der Waals surface area (Å²) in [6.07, 6.45) is 0. The van der Waals surface area contributed by atoms with E-state index in [1.807, 2.05) is 0 Å². The van der Waals surface area contributed by atoms with Crippen molar-refractivity contribution in [3.8, 4) is 5.75 Å². The molecule has 0 saturated heterocycles. The molecule has 0 saturated carbocycles. The molecule has 0 spiro atoms. The molecule has 47 valence electrons. The zero-order valence-corrected chi connectivity index (χ0v) is 6.70. The Kier molecular flexibility index (Phi) is 1.98. The molecule has 0 bridgehead atoms. The molecule has 1 aromatic rings. The largest absolute Gasteiger partial charge is 0.507 e. The molecular formula is C6H3BrClO. The Morgan fingerprint density at radius 2 is 2.22 bits per heavy atom. The van der Waals surface area contributed by atoms with E-state index >= 15 is 0 Å². The topological polar surface area (TPSA) is 20.2 Å². The van der Waals surface area contributed by atoms with Crippen LogP contribution >= 0.6 is 27.5 Å². The second-order valence-corrected chi connectivity index (χ2v) is 2.74. The first-order valence-electron chi connectivity index (χ1n) is 2.26. The minimum Gasteiger partial charge on any atom is -0.507 e. The van der Waals surface area contributed by atoms with Crippen molar-refractivity contribution in [3.05, 3.63) is 27.7 Å². The van der Waals surface area contributed by atoms with Crippen LogP contribution in [-0.2, 0) is 0 Å². The summed E-state index contributed by atoms with van der Waals surface area (Å²) in [6, 6.07) is 5.68. The third kappa shape index (κ3) is 1.60. The first-order chi connectivity index (χ1) is 4.20. The summed E-state index contributed by atoms with van der Waals surface area (Å²) in [7, 11) is 0. The maximum atomic E-state index is 8.78. The first-order valence-corrected chi connectivity index (χ1v) is 3.43. The molecule has 0 aromatic heterocycles. The van der Waals surface area contributed by atoms with Gasteiger partial charge in [0.15, 0.2) is 0 Å². The Hall–Kier alpha value is -0.210. The summed E-state index contributed by atoms with van der Waals surface area (Å²) in [5, 5.41) is 9.17. The monoisotopic (exact) mass is 205 g/mol. The zero-order valence-electron chi connectivity index (χ0n) is 4.36. The average Bonchev–Trinajstić information content (AvgIpc) is 1.80. The molecule has 0 amide bonds. The van der Waals surface area contributed by atoms with Crippen LogP contribution in [-0.4, -0.2) is 5.11 Å². The van der Waals surface area contributed by atoms with Crippen molar-refractivity contribution in [1.82, 2.24) is 0 Å². The highest BCUT2D eigenvalue weighted by atomic mass is 79.9. The summed E-state index contributed by atoms with van der Waals surface area (Å²) in [6.45, 7) is 0. The fraction of sp³-hybridized carbons (Fsp3) is 0. The van der Waals surface area contributed by atoms with E-state index in [-0.39, 0.29) is 5.75 Å². The van der Waals surface area contributed by atoms with Gasteiger partial charge in [-0.15, -0.1) is 0 Å². The van der Waals surface area contributed by atoms with Crippen LogP contribution in [0, 0.1) is 6.07 Å². The molecule has 1 aromatic carbocycles. The molecule has 1 radical (unpaired) electrons. The van der Waals surface area contributed by atoms with Gasteiger partial charge in [0, 0.05) is 10.5 Å². The van der Waals surface area contributed by atoms with E-state index in [0.717, 1.165) is 4.47 Å². The van der Waals surface area contributed by atoms with Gasteiger partial charge in [-0.3, -0.25) is 0 Å². The molecule has 0 aliphatic heterocycles. The van der Waals surface area contributed by atoms with Crippen molar-refractivity contribution in [3.63, 3.8) is 0 Å². The molecule has 0 aliphatic rings. The number of hydrogen-bond acceptors (Lipinski definition) is 1. The lowest BCUT2D eigenvalue weighted by molar-refractivity contribution is 0.474. The van der Waals surface area contributed by atoms with Gasteiger partial charge in [-0.1, -0.05) is 11.6 Å². The number of hydrogen-bond donors (Lipinski definition) is 1. The lowest BCUT2D eigenvalue weighted by atomic mass is 10.3. The van der Waals surface area contributed by atoms with Crippen molar-refractivity contribution in [2.45, 2.75) is 0 Å². The van der Waals surface area contributed by atoms with Gasteiger partial charge in [-0.2, -0.15) is 0 Å². The van der Waals surface area contributed by atoms with Gasteiger partial charge in [0.1, 0.15) is 5.75 Å². The number of phenolic OH excluding ortho intramolecular Hbond substituents is 1. The first kappa shape index (κ1) is 6.90. The normalized spacial score (nSPS) is 9.56. The SMILES string of the molecule is Oc1[c]c(Cl)c(Br)cc1. The zero-order chi connectivity index (χ0) is 6.85. The molecule has 0 aliphatic carbocycles. The minimum atomic E-state index is 0.0585. The third-order valence-electron chi connectivity index (χ3n) is 0.835. The standard InChI is InChI=1S/C6H3BrClO/c7-5-2-1-4(9)3-6(5)8/h1-2,9H. The Labute approximate surface area is 66.4 Å². The van der Waals surface area contributed by atoms with Crippen LogP contribution in [0.15, 0.2) is 16.6 Å². The van der Waals surface area contributed by atoms with Crippen LogP contribution < -0.4 is 0 Å². The van der Waals surface area contributed by atoms with E-state index in [0.29, 0.717) is 5.02 Å². The molecular weight excluding hydrogens is 203 g/mol. The van der Waals surface area contributed by atoms with Crippen molar-refractivity contribution >= 4 is 27.5 Å². The number of phenols is 1. The molecule has 1 nitrogen and oxygen atoms in total. The quantitative estimate of drug-likeness (QED) is 0.692. The lowest BCUT2D eigenvalue weighted by Crippen LogP contribution is -1.67. The van der Waals surface area contributed by atoms with Crippen molar-refractivity contribution in [2.24, 2.45) is 0 Å². The molecule has 0 heterocycles. The maximum Gasteiger partial charge on any atom is 0.125 e. The second-order valence-electron chi connectivity index (χ2n) is 1.51. The number of rotatable bonds is 0. The average molecular weight is 206 g/mol. The number of aromatic hydroxyl groups is 1. The van der Waals surface area contributed by atoms with Gasteiger partial charge >= 0.3 is 0 Å². The fourth-order valence-corrected chi connectivity index (χ4v) is 0.830. The van der Waals surface area contributed by atoms with E-state index in [9.17, 15) is 0 Å². The van der Waals surface area contributed by atoms with Gasteiger partial charge in [0.25, 0.3) is 0 Å². The highest BCUT2D eigenvalue weighted by molar-refractivity contribution is 9.10.